The number of H-pyrrole nitrogens is 2. The van der Waals surface area contributed by atoms with Crippen molar-refractivity contribution in [2.45, 2.75) is 13.3 Å². The van der Waals surface area contributed by atoms with Crippen LogP contribution in [0.5, 0.6) is 11.6 Å². The molecule has 1 aromatic carbocycles. The van der Waals surface area contributed by atoms with Gasteiger partial charge in [0.25, 0.3) is 5.62 Å². The number of benzene rings is 1. The van der Waals surface area contributed by atoms with Gasteiger partial charge in [-0.15, -0.1) is 13.2 Å². The lowest BCUT2D eigenvalue weighted by Gasteiger charge is -2.10. The van der Waals surface area contributed by atoms with Crippen molar-refractivity contribution in [2.24, 2.45) is 4.99 Å². The van der Waals surface area contributed by atoms with Crippen LogP contribution in [0.15, 0.2) is 40.2 Å². The number of halogens is 3. The van der Waals surface area contributed by atoms with E-state index in [2.05, 4.69) is 40.1 Å². The molecule has 0 saturated carbocycles. The number of alkyl halides is 3. The number of nitrogens with one attached hydrogen (secondary N) is 3. The van der Waals surface area contributed by atoms with E-state index in [9.17, 15) is 23.1 Å². The maximum absolute atomic E-state index is 12.6. The Morgan fingerprint density at radius 3 is 2.83 bits per heavy atom. The first-order valence-electron chi connectivity index (χ1n) is 10.2. The van der Waals surface area contributed by atoms with Crippen molar-refractivity contribution in [3.63, 3.8) is 0 Å². The molecule has 3 aromatic heterocycles. The molecule has 0 fully saturated rings. The number of hydrogen-bond acceptors (Lipinski definition) is 9. The molecule has 0 radical (unpaired) electrons. The molecule has 0 aliphatic carbocycles. The molecule has 0 bridgehead atoms. The maximum atomic E-state index is 12.6. The predicted octanol–water partition coefficient (Wildman–Crippen LogP) is 0.973. The van der Waals surface area contributed by atoms with Crippen LogP contribution in [-0.4, -0.2) is 60.8 Å². The minimum Gasteiger partial charge on any atom is -0.493 e. The van der Waals surface area contributed by atoms with E-state index in [0.717, 1.165) is 12.1 Å². The summed E-state index contributed by atoms with van der Waals surface area (Å²) in [7, 11) is 0. The lowest BCUT2D eigenvalue weighted by atomic mass is 10.3. The van der Waals surface area contributed by atoms with E-state index < -0.39 is 17.8 Å². The summed E-state index contributed by atoms with van der Waals surface area (Å²) in [5, 5.41) is 17.3. The zero-order chi connectivity index (χ0) is 25.0. The van der Waals surface area contributed by atoms with Crippen molar-refractivity contribution in [3.05, 3.63) is 57.5 Å². The third-order valence-corrected chi connectivity index (χ3v) is 4.43. The van der Waals surface area contributed by atoms with E-state index in [1.807, 2.05) is 6.92 Å². The summed E-state index contributed by atoms with van der Waals surface area (Å²) in [6, 6.07) is 5.18. The molecular weight excluding hydrogens is 473 g/mol. The van der Waals surface area contributed by atoms with Crippen molar-refractivity contribution < 1.29 is 27.8 Å². The molecule has 0 atom stereocenters. The summed E-state index contributed by atoms with van der Waals surface area (Å²) in [5.74, 6) is -0.779. The summed E-state index contributed by atoms with van der Waals surface area (Å²) < 4.78 is 48.3. The number of nitrogens with zero attached hydrogens (tertiary/aromatic N) is 5. The number of hydrogen-bond donors (Lipinski definition) is 4. The van der Waals surface area contributed by atoms with Crippen molar-refractivity contribution in [3.8, 4) is 11.6 Å². The van der Waals surface area contributed by atoms with Crippen LogP contribution in [0.3, 0.4) is 0 Å². The number of anilines is 2. The molecule has 0 unspecified atom stereocenters. The second-order valence-electron chi connectivity index (χ2n) is 6.95. The lowest BCUT2D eigenvalue weighted by molar-refractivity contribution is -0.274. The van der Waals surface area contributed by atoms with Gasteiger partial charge in [0.2, 0.25) is 11.8 Å². The van der Waals surface area contributed by atoms with Gasteiger partial charge in [0.15, 0.2) is 5.65 Å². The number of aromatic amines is 2. The Hall–Kier alpha value is -4.40. The van der Waals surface area contributed by atoms with Gasteiger partial charge in [-0.1, -0.05) is 6.07 Å². The van der Waals surface area contributed by atoms with Crippen LogP contribution in [0.2, 0.25) is 0 Å². The highest BCUT2D eigenvalue weighted by molar-refractivity contribution is 5.60. The molecule has 0 spiro atoms. The van der Waals surface area contributed by atoms with Crippen LogP contribution in [-0.2, 0) is 4.74 Å². The van der Waals surface area contributed by atoms with Crippen molar-refractivity contribution in [1.29, 1.82) is 0 Å². The second kappa shape index (κ2) is 9.84. The van der Waals surface area contributed by atoms with E-state index in [4.69, 9.17) is 4.74 Å². The van der Waals surface area contributed by atoms with E-state index in [1.54, 1.807) is 0 Å². The van der Waals surface area contributed by atoms with Crippen molar-refractivity contribution >= 4 is 23.4 Å². The average Bonchev–Trinajstić information content (AvgIpc) is 3.32. The second-order valence-corrected chi connectivity index (χ2v) is 6.95. The minimum atomic E-state index is -4.84. The summed E-state index contributed by atoms with van der Waals surface area (Å²) in [5.41, 5.74) is 0.127. The Kier molecular flexibility index (Phi) is 6.68. The monoisotopic (exact) mass is 492 g/mol. The predicted molar refractivity (Wildman–Crippen MR) is 116 cm³/mol. The molecule has 4 aromatic rings. The summed E-state index contributed by atoms with van der Waals surface area (Å²) in [6.07, 6.45) is -1.97. The Bertz CT molecular complexity index is 1510. The van der Waals surface area contributed by atoms with Crippen LogP contribution < -0.4 is 26.6 Å². The van der Waals surface area contributed by atoms with Gasteiger partial charge >= 0.3 is 12.1 Å². The molecule has 0 amide bonds. The number of aromatic hydroxyl groups is 1. The Labute approximate surface area is 193 Å². The SMILES string of the molecule is CCOCCN=c1nc(Nc2cccc(OC(F)(F)F)c2)nc2c(=Cc3[nH]c(=O)[nH]c3O)cnn12. The zero-order valence-corrected chi connectivity index (χ0v) is 18.1. The van der Waals surface area contributed by atoms with Crippen LogP contribution in [0.4, 0.5) is 24.8 Å². The highest BCUT2D eigenvalue weighted by atomic mass is 19.4. The van der Waals surface area contributed by atoms with Crippen LogP contribution in [0.25, 0.3) is 11.7 Å². The summed E-state index contributed by atoms with van der Waals surface area (Å²) in [6.45, 7) is 2.95. The highest BCUT2D eigenvalue weighted by Gasteiger charge is 2.31. The summed E-state index contributed by atoms with van der Waals surface area (Å²) >= 11 is 0. The molecule has 35 heavy (non-hydrogen) atoms. The fourth-order valence-corrected chi connectivity index (χ4v) is 3.04. The van der Waals surface area contributed by atoms with E-state index in [1.165, 1.54) is 28.9 Å². The topological polar surface area (TPSA) is 155 Å². The van der Waals surface area contributed by atoms with Crippen molar-refractivity contribution in [1.82, 2.24) is 29.5 Å². The van der Waals surface area contributed by atoms with Gasteiger partial charge in [0.1, 0.15) is 11.4 Å². The van der Waals surface area contributed by atoms with Gasteiger partial charge in [0.05, 0.1) is 19.3 Å². The number of rotatable bonds is 8. The van der Waals surface area contributed by atoms with Crippen LogP contribution in [0.1, 0.15) is 12.6 Å². The molecule has 0 aliphatic rings. The quantitative estimate of drug-likeness (QED) is 0.265. The lowest BCUT2D eigenvalue weighted by Crippen LogP contribution is -2.24. The number of imidazole rings is 1. The largest absolute Gasteiger partial charge is 0.573 e. The molecule has 184 valence electrons. The van der Waals surface area contributed by atoms with Crippen molar-refractivity contribution in [2.75, 3.05) is 25.1 Å². The Morgan fingerprint density at radius 2 is 2.11 bits per heavy atom. The van der Waals surface area contributed by atoms with Gasteiger partial charge < -0.3 is 24.9 Å². The first kappa shape index (κ1) is 23.7. The van der Waals surface area contributed by atoms with Crippen LogP contribution in [0, 0.1) is 0 Å². The summed E-state index contributed by atoms with van der Waals surface area (Å²) in [4.78, 5) is 29.1. The van der Waals surface area contributed by atoms with E-state index >= 15 is 0 Å². The zero-order valence-electron chi connectivity index (χ0n) is 18.1. The maximum Gasteiger partial charge on any atom is 0.573 e. The normalized spacial score (nSPS) is 13.0. The first-order chi connectivity index (χ1) is 16.7. The average molecular weight is 492 g/mol. The first-order valence-corrected chi connectivity index (χ1v) is 10.2. The van der Waals surface area contributed by atoms with Gasteiger partial charge in [-0.3, -0.25) is 4.98 Å². The third kappa shape index (κ3) is 5.94. The highest BCUT2D eigenvalue weighted by Crippen LogP contribution is 2.25. The van der Waals surface area contributed by atoms with E-state index in [0.29, 0.717) is 18.4 Å². The number of ether oxygens (including phenoxy) is 2. The minimum absolute atomic E-state index is 0.0127. The molecule has 0 aliphatic heterocycles. The third-order valence-electron chi connectivity index (χ3n) is 4.43. The van der Waals surface area contributed by atoms with Gasteiger partial charge in [-0.25, -0.2) is 9.79 Å². The number of fused-ring (bicyclic) bond motifs is 1. The molecule has 15 heteroatoms. The standard InChI is InChI=1S/C20H19F3N8O4/c1-2-34-7-6-24-18-30-17(26-12-4-3-5-13(9-12)35-20(21,22)23)28-15-11(10-25-31(15)18)8-14-16(32)29-19(33)27-14/h3-5,8-10,32H,2,6-7H2,1H3,(H,24,26,30)(H2,27,29,33). The smallest absolute Gasteiger partial charge is 0.493 e. The molecular formula is C20H19F3N8O4. The molecule has 4 N–H and O–H groups in total. The van der Waals surface area contributed by atoms with Gasteiger partial charge in [-0.2, -0.15) is 19.6 Å². The van der Waals surface area contributed by atoms with E-state index in [-0.39, 0.29) is 41.0 Å². The molecule has 3 heterocycles. The molecule has 4 rings (SSSR count). The molecule has 12 nitrogen and oxygen atoms in total. The Balaban J connectivity index is 1.78. The Morgan fingerprint density at radius 1 is 1.29 bits per heavy atom. The van der Waals surface area contributed by atoms with Gasteiger partial charge in [0, 0.05) is 23.6 Å². The van der Waals surface area contributed by atoms with Gasteiger partial charge in [-0.05, 0) is 25.1 Å². The fraction of sp³-hybridized carbons (Fsp3) is 0.250. The molecule has 0 saturated heterocycles. The number of aromatic nitrogens is 6. The fourth-order valence-electron chi connectivity index (χ4n) is 3.04. The van der Waals surface area contributed by atoms with Crippen LogP contribution >= 0.6 is 0 Å².